The van der Waals surface area contributed by atoms with Gasteiger partial charge in [-0.05, 0) is 97.3 Å². The molecule has 0 aliphatic carbocycles. The number of nitro groups is 3. The number of halogens is 1. The van der Waals surface area contributed by atoms with Crippen LogP contribution in [0.4, 0.5) is 41.0 Å². The van der Waals surface area contributed by atoms with Crippen LogP contribution in [-0.4, -0.2) is 116 Å². The Bertz CT molecular complexity index is 2620. The molecule has 0 aromatic heterocycles. The van der Waals surface area contributed by atoms with Crippen LogP contribution in [0.5, 0.6) is 0 Å². The Morgan fingerprint density at radius 3 is 1.06 bits per heavy atom. The largest absolute Gasteiger partial charge is 0.516 e. The molecule has 0 saturated carbocycles. The van der Waals surface area contributed by atoms with Gasteiger partial charge in [0.05, 0.1) is 34.0 Å². The summed E-state index contributed by atoms with van der Waals surface area (Å²) >= 11 is 4.86. The van der Waals surface area contributed by atoms with E-state index in [1.54, 1.807) is 81.4 Å². The highest BCUT2D eigenvalue weighted by Crippen LogP contribution is 2.18. The molecule has 3 aromatic carbocycles. The predicted octanol–water partition coefficient (Wildman–Crippen LogP) is 11.9. The number of hydrogen-bond donors (Lipinski definition) is 4. The van der Waals surface area contributed by atoms with E-state index in [4.69, 9.17) is 35.7 Å². The lowest BCUT2D eigenvalue weighted by Crippen LogP contribution is -2.46. The van der Waals surface area contributed by atoms with Crippen LogP contribution >= 0.6 is 25.1 Å². The SMILES string of the molecule is C.C.CC(C)(C)OC(=O)N[C@H](Cc1ccc([N+](=O)[O-])cc1)C(=O)O.CC(C)COC(=O)Cl.CC(C)COC(=O)OC(=O)[C@@H](Cc1ccc([N+](=O)[O-])cc1)NC(=O)OC(C)(C)C.CCC(=O)[C@@H](Cc1ccc([N+](=O)[O-])cc1)NC(=O)OC(C)(C)C.S. The molecule has 0 spiro atoms. The van der Waals surface area contributed by atoms with Gasteiger partial charge in [0.1, 0.15) is 28.9 Å². The van der Waals surface area contributed by atoms with E-state index in [-0.39, 0.29) is 89.4 Å². The van der Waals surface area contributed by atoms with Crippen molar-refractivity contribution in [1.29, 1.82) is 0 Å². The average Bonchev–Trinajstić information content (AvgIpc) is 3.57. The molecular weight excluding hydrogens is 1160 g/mol. The minimum absolute atomic E-state index is 0. The van der Waals surface area contributed by atoms with E-state index in [1.165, 1.54) is 60.7 Å². The van der Waals surface area contributed by atoms with Crippen molar-refractivity contribution < 1.29 is 86.7 Å². The molecule has 3 rings (SSSR count). The van der Waals surface area contributed by atoms with E-state index < -0.39 is 91.5 Å². The predicted molar refractivity (Wildman–Crippen MR) is 321 cm³/mol. The molecule has 0 radical (unpaired) electrons. The van der Waals surface area contributed by atoms with Crippen LogP contribution in [0.1, 0.15) is 135 Å². The van der Waals surface area contributed by atoms with Crippen LogP contribution in [0.3, 0.4) is 0 Å². The first kappa shape index (κ1) is 83.3. The molecule has 3 aromatic rings. The lowest BCUT2D eigenvalue weighted by molar-refractivity contribution is -0.385. The van der Waals surface area contributed by atoms with Crippen molar-refractivity contribution in [2.45, 2.75) is 172 Å². The van der Waals surface area contributed by atoms with Crippen molar-refractivity contribution in [1.82, 2.24) is 16.0 Å². The zero-order valence-corrected chi connectivity index (χ0v) is 50.6. The maximum Gasteiger partial charge on any atom is 0.516 e. The summed E-state index contributed by atoms with van der Waals surface area (Å²) in [6.07, 6.45) is -3.11. The second kappa shape index (κ2) is 40.2. The number of carbonyl (C=O) groups excluding carboxylic acids is 7. The number of carbonyl (C=O) groups is 8. The molecule has 0 heterocycles. The third-order valence-corrected chi connectivity index (χ3v) is 9.51. The highest BCUT2D eigenvalue weighted by molar-refractivity contribution is 7.59. The number of nitrogens with zero attached hydrogens (tertiary/aromatic N) is 3. The third-order valence-electron chi connectivity index (χ3n) is 9.40. The van der Waals surface area contributed by atoms with Crippen LogP contribution in [0, 0.1) is 42.2 Å². The number of Topliss-reactive ketones (excluding diaryl/α,β-unsaturated/α-hetero) is 1. The van der Waals surface area contributed by atoms with Crippen molar-refractivity contribution in [2.24, 2.45) is 11.8 Å². The number of esters is 1. The molecule has 3 amide bonds. The number of alkyl carbamates (subject to hydrolysis) is 3. The van der Waals surface area contributed by atoms with E-state index in [2.05, 4.69) is 25.4 Å². The average molecular weight is 1250 g/mol. The topological polar surface area (TPSA) is 378 Å². The molecule has 29 heteroatoms. The fourth-order valence-corrected chi connectivity index (χ4v) is 5.92. The Morgan fingerprint density at radius 2 is 0.800 bits per heavy atom. The van der Waals surface area contributed by atoms with Gasteiger partial charge in [0, 0.05) is 67.3 Å². The second-order valence-corrected chi connectivity index (χ2v) is 21.8. The Morgan fingerprint density at radius 1 is 0.518 bits per heavy atom. The molecule has 4 N–H and O–H groups in total. The summed E-state index contributed by atoms with van der Waals surface area (Å²) in [6.45, 7) is 24.9. The number of nitro benzene ring substituents is 3. The zero-order chi connectivity index (χ0) is 63.3. The van der Waals surface area contributed by atoms with Crippen LogP contribution in [0.15, 0.2) is 72.8 Å². The lowest BCUT2D eigenvalue weighted by atomic mass is 10.0. The van der Waals surface area contributed by atoms with Gasteiger partial charge in [-0.25, -0.2) is 33.6 Å². The van der Waals surface area contributed by atoms with Crippen LogP contribution in [0.25, 0.3) is 0 Å². The Kier molecular flexibility index (Phi) is 39.4. The third kappa shape index (κ3) is 40.7. The fourth-order valence-electron chi connectivity index (χ4n) is 5.85. The molecule has 85 heavy (non-hydrogen) atoms. The number of non-ortho nitro benzene ring substituents is 3. The highest BCUT2D eigenvalue weighted by atomic mass is 35.5. The van der Waals surface area contributed by atoms with Gasteiger partial charge in [-0.1, -0.05) is 85.9 Å². The minimum Gasteiger partial charge on any atom is -0.480 e. The maximum atomic E-state index is 12.4. The molecule has 3 atom stereocenters. The van der Waals surface area contributed by atoms with E-state index >= 15 is 0 Å². The molecule has 0 aliphatic rings. The molecule has 0 bridgehead atoms. The van der Waals surface area contributed by atoms with Crippen LogP contribution in [0.2, 0.25) is 0 Å². The van der Waals surface area contributed by atoms with E-state index in [0.717, 1.165) is 5.56 Å². The van der Waals surface area contributed by atoms with Gasteiger partial charge in [-0.3, -0.25) is 35.1 Å². The number of ketones is 1. The summed E-state index contributed by atoms with van der Waals surface area (Å²) in [7, 11) is 0. The summed E-state index contributed by atoms with van der Waals surface area (Å²) in [4.78, 5) is 123. The number of aliphatic carboxylic acids is 1. The number of amides is 3. The number of carboxylic acids is 1. The minimum atomic E-state index is -1.27. The number of nitrogens with one attached hydrogen (secondary N) is 3. The number of rotatable bonds is 20. The van der Waals surface area contributed by atoms with Crippen LogP contribution < -0.4 is 16.0 Å². The molecule has 27 nitrogen and oxygen atoms in total. The van der Waals surface area contributed by atoms with Gasteiger partial charge in [0.15, 0.2) is 5.78 Å². The summed E-state index contributed by atoms with van der Waals surface area (Å²) in [6, 6.07) is 13.6. The van der Waals surface area contributed by atoms with Crippen molar-refractivity contribution >= 4 is 89.7 Å². The normalized spacial score (nSPS) is 11.5. The molecule has 0 fully saturated rings. The summed E-state index contributed by atoms with van der Waals surface area (Å²) < 4.78 is 29.2. The van der Waals surface area contributed by atoms with Crippen LogP contribution in [-0.2, 0) is 62.1 Å². The lowest BCUT2D eigenvalue weighted by Gasteiger charge is -2.23. The number of benzene rings is 3. The first-order valence-electron chi connectivity index (χ1n) is 25.3. The van der Waals surface area contributed by atoms with Crippen molar-refractivity contribution in [3.05, 3.63) is 120 Å². The summed E-state index contributed by atoms with van der Waals surface area (Å²) in [5.74, 6) is -1.98. The summed E-state index contributed by atoms with van der Waals surface area (Å²) in [5, 5.41) is 48.3. The van der Waals surface area contributed by atoms with Crippen molar-refractivity contribution in [2.75, 3.05) is 13.2 Å². The first-order valence-corrected chi connectivity index (χ1v) is 25.7. The van der Waals surface area contributed by atoms with Gasteiger partial charge in [0.25, 0.3) is 17.1 Å². The van der Waals surface area contributed by atoms with Gasteiger partial charge in [0.2, 0.25) is 0 Å². The van der Waals surface area contributed by atoms with E-state index in [0.29, 0.717) is 23.7 Å². The maximum absolute atomic E-state index is 12.4. The summed E-state index contributed by atoms with van der Waals surface area (Å²) in [5.41, 5.74) is -1.37. The van der Waals surface area contributed by atoms with Crippen molar-refractivity contribution in [3.8, 4) is 0 Å². The monoisotopic (exact) mass is 1240 g/mol. The molecular formula is C56H85ClN6O21S. The fraction of sp³-hybridized carbons (Fsp3) is 0.536. The molecule has 0 saturated heterocycles. The number of carboxylic acid groups (broad SMARTS) is 1. The van der Waals surface area contributed by atoms with Gasteiger partial charge in [-0.15, -0.1) is 0 Å². The van der Waals surface area contributed by atoms with Gasteiger partial charge in [-0.2, -0.15) is 13.5 Å². The number of hydrogen-bond acceptors (Lipinski definition) is 20. The Hall–Kier alpha value is -8.14. The Balaban J connectivity index is -0.000000538. The molecule has 478 valence electrons. The molecule has 0 aliphatic heterocycles. The second-order valence-electron chi connectivity index (χ2n) is 21.5. The van der Waals surface area contributed by atoms with Gasteiger partial charge >= 0.3 is 41.8 Å². The standard InChI is InChI=1S/C19H26N2O8.C16H22N2O5.C14H18N2O6.C5H9ClO2.2CH4.H2S/c1-12(2)11-27-18(24)28-16(22)15(20-17(23)29-19(3,4)5)10-13-6-8-14(9-7-13)21(25)26;1-5-14(19)13(17-15(20)23-16(2,3)4)10-11-6-8-12(9-7-11)18(21)22;1-14(2,3)22-13(19)15-11(12(17)18)8-9-4-6-10(7-5-9)16(20)21;1-4(2)3-8-5(6)7;;;/h6-9,12,15H,10-11H2,1-5H3,(H,20,23);6-9,13H,5,10H2,1-4H3,(H,17,20);4-7,11H,8H2,1-3H3,(H,15,19)(H,17,18);4H,3H2,1-2H3;2*1H4;1H2/t15-;13-;11-;;;;/m111..../s1. The van der Waals surface area contributed by atoms with E-state index in [1.807, 2.05) is 27.7 Å². The smallest absolute Gasteiger partial charge is 0.480 e. The zero-order valence-electron chi connectivity index (χ0n) is 48.9. The highest BCUT2D eigenvalue weighted by Gasteiger charge is 2.30. The van der Waals surface area contributed by atoms with Crippen molar-refractivity contribution in [3.63, 3.8) is 0 Å². The first-order chi connectivity index (χ1) is 37.7. The van der Waals surface area contributed by atoms with E-state index in [9.17, 15) is 68.7 Å². The number of ether oxygens (including phenoxy) is 6. The quantitative estimate of drug-likeness (QED) is 0.0204. The van der Waals surface area contributed by atoms with Gasteiger partial charge < -0.3 is 49.5 Å². The Labute approximate surface area is 507 Å². The molecule has 0 unspecified atom stereocenters.